The van der Waals surface area contributed by atoms with E-state index in [1.807, 2.05) is 43.3 Å². The van der Waals surface area contributed by atoms with E-state index >= 15 is 0 Å². The lowest BCUT2D eigenvalue weighted by Gasteiger charge is -2.10. The highest BCUT2D eigenvalue weighted by molar-refractivity contribution is 7.89. The number of aromatic nitrogens is 2. The summed E-state index contributed by atoms with van der Waals surface area (Å²) in [6.07, 6.45) is 1.45. The van der Waals surface area contributed by atoms with Gasteiger partial charge in [-0.1, -0.05) is 48.0 Å². The summed E-state index contributed by atoms with van der Waals surface area (Å²) in [7, 11) is -3.59. The predicted molar refractivity (Wildman–Crippen MR) is 97.4 cm³/mol. The van der Waals surface area contributed by atoms with E-state index in [0.717, 1.165) is 22.4 Å². The minimum atomic E-state index is -3.59. The molecule has 0 radical (unpaired) electrons. The Morgan fingerprint density at radius 1 is 0.960 bits per heavy atom. The van der Waals surface area contributed by atoms with Crippen LogP contribution in [0, 0.1) is 13.8 Å². The summed E-state index contributed by atoms with van der Waals surface area (Å²) in [5.74, 6) is 0. The standard InChI is InChI=1S/C19H19N3O2S/c1-14-8-9-19(15(2)10-14)25(23,24)22-12-17-11-18(21-13-20-17)16-6-4-3-5-7-16/h3-11,13,22H,12H2,1-2H3. The van der Waals surface area contributed by atoms with Crippen LogP contribution in [0.3, 0.4) is 0 Å². The Hall–Kier alpha value is -2.57. The molecule has 0 unspecified atom stereocenters. The molecule has 6 heteroatoms. The highest BCUT2D eigenvalue weighted by Gasteiger charge is 2.16. The molecule has 0 aliphatic rings. The SMILES string of the molecule is Cc1ccc(S(=O)(=O)NCc2cc(-c3ccccc3)ncn2)c(C)c1. The van der Waals surface area contributed by atoms with Gasteiger partial charge in [0.25, 0.3) is 0 Å². The summed E-state index contributed by atoms with van der Waals surface area (Å²) in [4.78, 5) is 8.70. The molecule has 0 saturated heterocycles. The number of nitrogens with one attached hydrogen (secondary N) is 1. The van der Waals surface area contributed by atoms with Gasteiger partial charge in [-0.3, -0.25) is 0 Å². The van der Waals surface area contributed by atoms with E-state index in [2.05, 4.69) is 14.7 Å². The van der Waals surface area contributed by atoms with Gasteiger partial charge in [0.1, 0.15) is 6.33 Å². The summed E-state index contributed by atoms with van der Waals surface area (Å²) in [6.45, 7) is 3.83. The second-order valence-electron chi connectivity index (χ2n) is 5.85. The number of benzene rings is 2. The molecule has 0 fully saturated rings. The first-order valence-electron chi connectivity index (χ1n) is 7.89. The average Bonchev–Trinajstić information content (AvgIpc) is 2.61. The van der Waals surface area contributed by atoms with Crippen molar-refractivity contribution in [1.82, 2.24) is 14.7 Å². The van der Waals surface area contributed by atoms with Crippen molar-refractivity contribution in [3.63, 3.8) is 0 Å². The minimum absolute atomic E-state index is 0.109. The molecule has 128 valence electrons. The first-order valence-corrected chi connectivity index (χ1v) is 9.37. The third kappa shape index (κ3) is 4.10. The molecular formula is C19H19N3O2S. The van der Waals surface area contributed by atoms with Gasteiger partial charge in [-0.25, -0.2) is 23.1 Å². The molecule has 3 aromatic rings. The fourth-order valence-electron chi connectivity index (χ4n) is 2.61. The highest BCUT2D eigenvalue weighted by Crippen LogP contribution is 2.18. The lowest BCUT2D eigenvalue weighted by atomic mass is 10.1. The second-order valence-corrected chi connectivity index (χ2v) is 7.59. The van der Waals surface area contributed by atoms with Crippen molar-refractivity contribution >= 4 is 10.0 Å². The Morgan fingerprint density at radius 2 is 1.72 bits per heavy atom. The number of hydrogen-bond acceptors (Lipinski definition) is 4. The summed E-state index contributed by atoms with van der Waals surface area (Å²) in [5.41, 5.74) is 4.09. The third-order valence-corrected chi connectivity index (χ3v) is 5.42. The Balaban J connectivity index is 1.79. The Morgan fingerprint density at radius 3 is 2.44 bits per heavy atom. The Kier molecular flexibility index (Phi) is 4.92. The first kappa shape index (κ1) is 17.3. The van der Waals surface area contributed by atoms with Crippen molar-refractivity contribution in [2.75, 3.05) is 0 Å². The van der Waals surface area contributed by atoms with E-state index in [4.69, 9.17) is 0 Å². The van der Waals surface area contributed by atoms with Crippen LogP contribution < -0.4 is 4.72 Å². The monoisotopic (exact) mass is 353 g/mol. The molecule has 2 aromatic carbocycles. The molecule has 1 aromatic heterocycles. The van der Waals surface area contributed by atoms with Gasteiger partial charge in [-0.15, -0.1) is 0 Å². The Bertz CT molecular complexity index is 987. The van der Waals surface area contributed by atoms with E-state index in [-0.39, 0.29) is 11.4 Å². The highest BCUT2D eigenvalue weighted by atomic mass is 32.2. The summed E-state index contributed by atoms with van der Waals surface area (Å²) >= 11 is 0. The molecule has 5 nitrogen and oxygen atoms in total. The number of rotatable bonds is 5. The maximum Gasteiger partial charge on any atom is 0.241 e. The van der Waals surface area contributed by atoms with Crippen LogP contribution in [-0.2, 0) is 16.6 Å². The van der Waals surface area contributed by atoms with Crippen LogP contribution in [-0.4, -0.2) is 18.4 Å². The van der Waals surface area contributed by atoms with Crippen molar-refractivity contribution in [3.05, 3.63) is 77.7 Å². The van der Waals surface area contributed by atoms with Gasteiger partial charge in [0.2, 0.25) is 10.0 Å². The van der Waals surface area contributed by atoms with Gasteiger partial charge in [-0.05, 0) is 31.5 Å². The van der Waals surface area contributed by atoms with Crippen molar-refractivity contribution < 1.29 is 8.42 Å². The molecule has 1 N–H and O–H groups in total. The fourth-order valence-corrected chi connectivity index (χ4v) is 3.83. The summed E-state index contributed by atoms with van der Waals surface area (Å²) < 4.78 is 27.7. The lowest BCUT2D eigenvalue weighted by Crippen LogP contribution is -2.24. The molecule has 0 amide bonds. The van der Waals surface area contributed by atoms with E-state index in [0.29, 0.717) is 5.69 Å². The maximum atomic E-state index is 12.5. The zero-order chi connectivity index (χ0) is 17.9. The van der Waals surface area contributed by atoms with E-state index in [1.54, 1.807) is 25.1 Å². The third-order valence-electron chi connectivity index (χ3n) is 3.86. The lowest BCUT2D eigenvalue weighted by molar-refractivity contribution is 0.579. The second kappa shape index (κ2) is 7.13. The molecule has 0 atom stereocenters. The molecular weight excluding hydrogens is 334 g/mol. The van der Waals surface area contributed by atoms with Gasteiger partial charge in [0, 0.05) is 5.56 Å². The van der Waals surface area contributed by atoms with E-state index < -0.39 is 10.0 Å². The predicted octanol–water partition coefficient (Wildman–Crippen LogP) is 3.24. The van der Waals surface area contributed by atoms with Gasteiger partial charge in [0.15, 0.2) is 0 Å². The van der Waals surface area contributed by atoms with Crippen LogP contribution in [0.25, 0.3) is 11.3 Å². The van der Waals surface area contributed by atoms with Gasteiger partial charge < -0.3 is 0 Å². The first-order chi connectivity index (χ1) is 12.0. The van der Waals surface area contributed by atoms with Gasteiger partial charge in [0.05, 0.1) is 22.8 Å². The molecule has 1 heterocycles. The zero-order valence-corrected chi connectivity index (χ0v) is 14.9. The maximum absolute atomic E-state index is 12.5. The molecule has 0 saturated carbocycles. The molecule has 0 aliphatic carbocycles. The zero-order valence-electron chi connectivity index (χ0n) is 14.1. The van der Waals surface area contributed by atoms with Crippen LogP contribution >= 0.6 is 0 Å². The van der Waals surface area contributed by atoms with Gasteiger partial charge >= 0.3 is 0 Å². The number of sulfonamides is 1. The van der Waals surface area contributed by atoms with Crippen LogP contribution in [0.1, 0.15) is 16.8 Å². The van der Waals surface area contributed by atoms with Crippen molar-refractivity contribution in [1.29, 1.82) is 0 Å². The van der Waals surface area contributed by atoms with E-state index in [9.17, 15) is 8.42 Å². The van der Waals surface area contributed by atoms with Crippen LogP contribution in [0.2, 0.25) is 0 Å². The Labute approximate surface area is 147 Å². The molecule has 0 spiro atoms. The smallest absolute Gasteiger partial charge is 0.240 e. The van der Waals surface area contributed by atoms with Crippen molar-refractivity contribution in [3.8, 4) is 11.3 Å². The fraction of sp³-hybridized carbons (Fsp3) is 0.158. The van der Waals surface area contributed by atoms with Crippen molar-refractivity contribution in [2.24, 2.45) is 0 Å². The summed E-state index contributed by atoms with van der Waals surface area (Å²) in [5, 5.41) is 0. The number of nitrogens with zero attached hydrogens (tertiary/aromatic N) is 2. The van der Waals surface area contributed by atoms with E-state index in [1.165, 1.54) is 6.33 Å². The quantitative estimate of drug-likeness (QED) is 0.764. The molecule has 0 aliphatic heterocycles. The molecule has 25 heavy (non-hydrogen) atoms. The average molecular weight is 353 g/mol. The number of aryl methyl sites for hydroxylation is 2. The minimum Gasteiger partial charge on any atom is -0.240 e. The van der Waals surface area contributed by atoms with Crippen LogP contribution in [0.4, 0.5) is 0 Å². The number of hydrogen-bond donors (Lipinski definition) is 1. The normalized spacial score (nSPS) is 11.4. The molecule has 3 rings (SSSR count). The summed E-state index contributed by atoms with van der Waals surface area (Å²) in [6, 6.07) is 16.8. The topological polar surface area (TPSA) is 72.0 Å². The largest absolute Gasteiger partial charge is 0.241 e. The van der Waals surface area contributed by atoms with Crippen LogP contribution in [0.5, 0.6) is 0 Å². The van der Waals surface area contributed by atoms with Gasteiger partial charge in [-0.2, -0.15) is 0 Å². The molecule has 0 bridgehead atoms. The van der Waals surface area contributed by atoms with Crippen LogP contribution in [0.15, 0.2) is 65.8 Å². The van der Waals surface area contributed by atoms with Crippen molar-refractivity contribution in [2.45, 2.75) is 25.3 Å².